The highest BCUT2D eigenvalue weighted by Gasteiger charge is 2.74. The molecule has 56 heavy (non-hydrogen) atoms. The molecule has 0 radical (unpaired) electrons. The minimum atomic E-state index is -2.41. The van der Waals surface area contributed by atoms with E-state index in [9.17, 15) is 35.4 Å². The lowest BCUT2D eigenvalue weighted by molar-refractivity contribution is -0.177. The Balaban J connectivity index is 2.29. The van der Waals surface area contributed by atoms with E-state index in [1.165, 1.54) is 0 Å². The number of esters is 1. The van der Waals surface area contributed by atoms with Gasteiger partial charge in [-0.2, -0.15) is 0 Å². The Morgan fingerprint density at radius 2 is 1.50 bits per heavy atom. The molecule has 0 amide bonds. The van der Waals surface area contributed by atoms with Crippen molar-refractivity contribution in [3.63, 3.8) is 0 Å². The zero-order valence-corrected chi connectivity index (χ0v) is 34.0. The van der Waals surface area contributed by atoms with Gasteiger partial charge in [-0.15, -0.1) is 0 Å². The van der Waals surface area contributed by atoms with Crippen LogP contribution in [0.2, 0.25) is 0 Å². The van der Waals surface area contributed by atoms with E-state index in [4.69, 9.17) is 9.84 Å². The molecule has 3 rings (SSSR count). The Morgan fingerprint density at radius 1 is 0.911 bits per heavy atom. The van der Waals surface area contributed by atoms with Crippen molar-refractivity contribution < 1.29 is 59.7 Å². The van der Waals surface area contributed by atoms with Crippen molar-refractivity contribution in [3.8, 4) is 11.5 Å². The van der Waals surface area contributed by atoms with Crippen molar-refractivity contribution in [2.45, 2.75) is 119 Å². The number of ether oxygens (including phenoxy) is 1. The van der Waals surface area contributed by atoms with E-state index in [-0.39, 0.29) is 36.7 Å². The number of rotatable bonds is 16. The summed E-state index contributed by atoms with van der Waals surface area (Å²) in [4.78, 5) is 58.3. The Kier molecular flexibility index (Phi) is 14.8. The summed E-state index contributed by atoms with van der Waals surface area (Å²) in [6, 6.07) is 3.12. The van der Waals surface area contributed by atoms with Crippen LogP contribution in [-0.4, -0.2) is 90.1 Å². The summed E-state index contributed by atoms with van der Waals surface area (Å²) in [6.07, 6.45) is -1.59. The van der Waals surface area contributed by atoms with Crippen molar-refractivity contribution in [1.82, 2.24) is 0 Å². The van der Waals surface area contributed by atoms with Gasteiger partial charge in [0.15, 0.2) is 35.0 Å². The number of phenolic OH excluding ortho intramolecular Hbond substituents is 1. The van der Waals surface area contributed by atoms with Crippen molar-refractivity contribution >= 4 is 29.1 Å². The smallest absolute Gasteiger partial charge is 0.343 e. The Hall–Kier alpha value is -4.20. The molecule has 12 nitrogen and oxygen atoms in total. The van der Waals surface area contributed by atoms with Gasteiger partial charge in [-0.1, -0.05) is 60.9 Å². The molecule has 0 heterocycles. The fourth-order valence-corrected chi connectivity index (χ4v) is 7.99. The van der Waals surface area contributed by atoms with Crippen LogP contribution in [0.3, 0.4) is 0 Å². The molecule has 308 valence electrons. The number of carbonyl (C=O) groups excluding carboxylic acids is 4. The van der Waals surface area contributed by atoms with E-state index < -0.39 is 93.4 Å². The minimum Gasteiger partial charge on any atom is -0.506 e. The van der Waals surface area contributed by atoms with Gasteiger partial charge < -0.3 is 40.5 Å². The summed E-state index contributed by atoms with van der Waals surface area (Å²) in [5.74, 6) is -6.36. The number of aliphatic hydroxyl groups is 6. The Morgan fingerprint density at radius 3 is 2.02 bits per heavy atom. The predicted octanol–water partition coefficient (Wildman–Crippen LogP) is 5.39. The number of phenols is 1. The van der Waals surface area contributed by atoms with E-state index in [0.29, 0.717) is 12.8 Å². The van der Waals surface area contributed by atoms with Gasteiger partial charge in [0.2, 0.25) is 0 Å². The Bertz CT molecular complexity index is 1830. The number of allylic oxidation sites excluding steroid dienone is 8. The molecule has 1 aromatic rings. The van der Waals surface area contributed by atoms with E-state index >= 15 is 14.4 Å². The molecule has 0 spiro atoms. The van der Waals surface area contributed by atoms with Crippen LogP contribution in [0.4, 0.5) is 0 Å². The molecule has 0 aliphatic heterocycles. The van der Waals surface area contributed by atoms with E-state index in [1.54, 1.807) is 0 Å². The van der Waals surface area contributed by atoms with Crippen LogP contribution in [0.1, 0.15) is 100.0 Å². The maximum absolute atomic E-state index is 15.4. The molecule has 1 aromatic carbocycles. The molecule has 2 saturated carbocycles. The first-order valence-electron chi connectivity index (χ1n) is 18.9. The largest absolute Gasteiger partial charge is 0.506 e. The van der Waals surface area contributed by atoms with Gasteiger partial charge in [0.25, 0.3) is 0 Å². The quantitative estimate of drug-likeness (QED) is 0.0214. The van der Waals surface area contributed by atoms with E-state index in [2.05, 4.69) is 12.7 Å². The monoisotopic (exact) mass is 780 g/mol. The number of carbonyl (C=O) groups is 4. The zero-order chi connectivity index (χ0) is 42.7. The summed E-state index contributed by atoms with van der Waals surface area (Å²) < 4.78 is 5.01. The number of aromatic hydroxyl groups is 1. The van der Waals surface area contributed by atoms with Gasteiger partial charge in [-0.05, 0) is 116 Å². The lowest BCUT2D eigenvalue weighted by Crippen LogP contribution is -2.69. The summed E-state index contributed by atoms with van der Waals surface area (Å²) in [5.41, 5.74) is -1.55. The number of fused-ring (bicyclic) bond motifs is 2. The second kappa shape index (κ2) is 17.9. The lowest BCUT2D eigenvalue weighted by Gasteiger charge is -2.60. The van der Waals surface area contributed by atoms with E-state index in [0.717, 1.165) is 40.5 Å². The molecular formula is C44H60O12. The molecule has 0 aromatic heterocycles. The minimum absolute atomic E-state index is 0.0127. The highest BCUT2D eigenvalue weighted by molar-refractivity contribution is 6.41. The average molecular weight is 781 g/mol. The molecule has 2 aliphatic rings. The molecule has 7 N–H and O–H groups in total. The maximum Gasteiger partial charge on any atom is 0.343 e. The fourth-order valence-electron chi connectivity index (χ4n) is 7.99. The van der Waals surface area contributed by atoms with Crippen LogP contribution < -0.4 is 4.74 Å². The normalized spacial score (nSPS) is 25.2. The lowest BCUT2D eigenvalue weighted by atomic mass is 9.38. The first-order valence-corrected chi connectivity index (χ1v) is 18.9. The molecule has 2 bridgehead atoms. The van der Waals surface area contributed by atoms with Crippen molar-refractivity contribution in [2.24, 2.45) is 28.1 Å². The van der Waals surface area contributed by atoms with Gasteiger partial charge in [-0.25, -0.2) is 4.79 Å². The van der Waals surface area contributed by atoms with Gasteiger partial charge in [-0.3, -0.25) is 14.4 Å². The van der Waals surface area contributed by atoms with Gasteiger partial charge in [0.1, 0.15) is 35.1 Å². The van der Waals surface area contributed by atoms with Crippen molar-refractivity contribution in [2.75, 3.05) is 6.61 Å². The van der Waals surface area contributed by atoms with Crippen LogP contribution in [0.25, 0.3) is 5.76 Å². The standard InChI is InChI=1S/C44H60O12/c1-23(2)11-13-28(26(7)8)20-43-21-29(15-12-24(3)4)42(9,10)44(41(43)55,18-17-25(5)6)39(53)33(38(43)52)34(48)27-14-16-32(30(46)19-27)56-40(54)37(51)36(50)35(49)31(47)22-45/h11-12,14,16-17,19,28-29,31,35-37,45-51H,7,13,15,18,20-22H2,1-6,8-10H3/b34-33-/t28-,29-,31+,35-,36-,37+,43-,44-/m0/s1. The number of aliphatic hydroxyl groups excluding tert-OH is 6. The highest BCUT2D eigenvalue weighted by atomic mass is 16.6. The van der Waals surface area contributed by atoms with Crippen LogP contribution in [0, 0.1) is 28.1 Å². The average Bonchev–Trinajstić information content (AvgIpc) is 3.12. The first-order chi connectivity index (χ1) is 25.9. The SMILES string of the molecule is C=C(C)[C@@H](CC=C(C)C)C[C@]12C[C@H](CC=C(C)C)C(C)(C)[C@@](CC=C(C)C)(C(=O)/C(=C(\O)c3ccc(OC(=O)[C@H](O)[C@@H](O)[C@@H](O)[C@H](O)CO)c(O)c3)C1=O)C2=O. The second-order valence-corrected chi connectivity index (χ2v) is 16.9. The Labute approximate surface area is 329 Å². The van der Waals surface area contributed by atoms with Gasteiger partial charge in [0, 0.05) is 5.56 Å². The number of benzene rings is 1. The number of Topliss-reactive ketones (excluding diaryl/α,β-unsaturated/α-hetero) is 3. The molecule has 0 saturated heterocycles. The first kappa shape index (κ1) is 46.2. The third-order valence-corrected chi connectivity index (χ3v) is 11.7. The number of ketones is 3. The van der Waals surface area contributed by atoms with Crippen molar-refractivity contribution in [3.05, 3.63) is 76.4 Å². The fraction of sp³-hybridized carbons (Fsp3) is 0.545. The molecule has 8 atom stereocenters. The topological polar surface area (TPSA) is 219 Å². The third kappa shape index (κ3) is 8.84. The predicted molar refractivity (Wildman–Crippen MR) is 211 cm³/mol. The summed E-state index contributed by atoms with van der Waals surface area (Å²) in [7, 11) is 0. The highest BCUT2D eigenvalue weighted by Crippen LogP contribution is 2.66. The van der Waals surface area contributed by atoms with Gasteiger partial charge >= 0.3 is 5.97 Å². The summed E-state index contributed by atoms with van der Waals surface area (Å²) >= 11 is 0. The van der Waals surface area contributed by atoms with Crippen LogP contribution in [-0.2, 0) is 19.2 Å². The zero-order valence-electron chi connectivity index (χ0n) is 34.0. The second-order valence-electron chi connectivity index (χ2n) is 16.9. The van der Waals surface area contributed by atoms with Crippen LogP contribution >= 0.6 is 0 Å². The van der Waals surface area contributed by atoms with E-state index in [1.807, 2.05) is 74.5 Å². The van der Waals surface area contributed by atoms with Crippen molar-refractivity contribution in [1.29, 1.82) is 0 Å². The third-order valence-electron chi connectivity index (χ3n) is 11.7. The van der Waals surface area contributed by atoms with Gasteiger partial charge in [0.05, 0.1) is 12.0 Å². The molecule has 2 fully saturated rings. The molecule has 0 unspecified atom stereocenters. The number of hydrogen-bond acceptors (Lipinski definition) is 12. The number of hydrogen-bond donors (Lipinski definition) is 7. The molecule has 12 heteroatoms. The summed E-state index contributed by atoms with van der Waals surface area (Å²) in [5, 5.41) is 71.6. The van der Waals surface area contributed by atoms with Crippen LogP contribution in [0.15, 0.2) is 70.9 Å². The maximum atomic E-state index is 15.4. The summed E-state index contributed by atoms with van der Waals surface area (Å²) in [6.45, 7) is 20.4. The molecule has 2 aliphatic carbocycles. The van der Waals surface area contributed by atoms with Crippen LogP contribution in [0.5, 0.6) is 11.5 Å². The molecular weight excluding hydrogens is 720 g/mol.